The highest BCUT2D eigenvalue weighted by molar-refractivity contribution is 8.19. The van der Waals surface area contributed by atoms with Gasteiger partial charge < -0.3 is 10.1 Å². The van der Waals surface area contributed by atoms with Crippen LogP contribution in [0.4, 0.5) is 5.69 Å². The molecule has 2 aromatic carbocycles. The molecule has 0 atom stereocenters. The highest BCUT2D eigenvalue weighted by Crippen LogP contribution is 2.45. The molecule has 120 valence electrons. The molecule has 1 amide bonds. The van der Waals surface area contributed by atoms with Crippen molar-refractivity contribution in [3.05, 3.63) is 65.7 Å². The largest absolute Gasteiger partial charge is 0.367 e. The number of anilines is 1. The van der Waals surface area contributed by atoms with Crippen LogP contribution in [-0.4, -0.2) is 24.0 Å². The van der Waals surface area contributed by atoms with Gasteiger partial charge in [-0.3, -0.25) is 4.79 Å². The van der Waals surface area contributed by atoms with E-state index in [0.717, 1.165) is 11.3 Å². The molecular formula is C18H19NO2S2. The fourth-order valence-corrected chi connectivity index (χ4v) is 5.19. The first-order chi connectivity index (χ1) is 11.3. The van der Waals surface area contributed by atoms with Gasteiger partial charge in [-0.15, -0.1) is 23.5 Å². The van der Waals surface area contributed by atoms with E-state index in [1.54, 1.807) is 0 Å². The minimum atomic E-state index is -0.121. The number of rotatable bonds is 6. The maximum Gasteiger partial charge on any atom is 0.250 e. The molecule has 0 bridgehead atoms. The summed E-state index contributed by atoms with van der Waals surface area (Å²) < 4.78 is 5.95. The van der Waals surface area contributed by atoms with Gasteiger partial charge in [-0.25, -0.2) is 0 Å². The zero-order valence-corrected chi connectivity index (χ0v) is 14.4. The van der Waals surface area contributed by atoms with Gasteiger partial charge in [0, 0.05) is 17.2 Å². The molecular weight excluding hydrogens is 326 g/mol. The molecule has 3 rings (SSSR count). The molecule has 2 aromatic rings. The second-order valence-corrected chi connectivity index (χ2v) is 7.95. The fourth-order valence-electron chi connectivity index (χ4n) is 2.35. The third-order valence-electron chi connectivity index (χ3n) is 3.41. The summed E-state index contributed by atoms with van der Waals surface area (Å²) in [6.45, 7) is 0.510. The number of amides is 1. The number of hydrogen-bond donors (Lipinski definition) is 1. The quantitative estimate of drug-likeness (QED) is 0.846. The molecule has 1 saturated heterocycles. The van der Waals surface area contributed by atoms with Gasteiger partial charge in [-0.2, -0.15) is 0 Å². The topological polar surface area (TPSA) is 38.3 Å². The molecule has 0 saturated carbocycles. The van der Waals surface area contributed by atoms with Crippen molar-refractivity contribution in [1.29, 1.82) is 0 Å². The molecule has 0 spiro atoms. The zero-order valence-electron chi connectivity index (χ0n) is 12.7. The number of hydrogen-bond acceptors (Lipinski definition) is 4. The van der Waals surface area contributed by atoms with Crippen molar-refractivity contribution in [2.45, 2.75) is 11.2 Å². The lowest BCUT2D eigenvalue weighted by Crippen LogP contribution is -2.18. The molecule has 1 N–H and O–H groups in total. The van der Waals surface area contributed by atoms with Crippen LogP contribution in [0, 0.1) is 0 Å². The van der Waals surface area contributed by atoms with Crippen LogP contribution in [0.2, 0.25) is 0 Å². The third kappa shape index (κ3) is 5.03. The number of carbonyl (C=O) groups excluding carboxylic acids is 1. The maximum absolute atomic E-state index is 12.0. The van der Waals surface area contributed by atoms with Gasteiger partial charge in [-0.05, 0) is 23.3 Å². The Kier molecular flexibility index (Phi) is 6.02. The van der Waals surface area contributed by atoms with Crippen molar-refractivity contribution in [2.75, 3.05) is 23.4 Å². The lowest BCUT2D eigenvalue weighted by atomic mass is 10.2. The Morgan fingerprint density at radius 2 is 1.87 bits per heavy atom. The van der Waals surface area contributed by atoms with Crippen molar-refractivity contribution in [3.63, 3.8) is 0 Å². The van der Waals surface area contributed by atoms with E-state index in [9.17, 15) is 4.79 Å². The number of carbonyl (C=O) groups is 1. The third-order valence-corrected chi connectivity index (χ3v) is 6.51. The Morgan fingerprint density at radius 3 is 2.65 bits per heavy atom. The van der Waals surface area contributed by atoms with Crippen molar-refractivity contribution in [2.24, 2.45) is 0 Å². The summed E-state index contributed by atoms with van der Waals surface area (Å²) >= 11 is 3.92. The van der Waals surface area contributed by atoms with Crippen molar-refractivity contribution < 1.29 is 9.53 Å². The molecule has 1 fully saturated rings. The predicted molar refractivity (Wildman–Crippen MR) is 98.8 cm³/mol. The smallest absolute Gasteiger partial charge is 0.250 e. The average Bonchev–Trinajstić information content (AvgIpc) is 3.11. The molecule has 0 unspecified atom stereocenters. The van der Waals surface area contributed by atoms with Crippen LogP contribution in [0.5, 0.6) is 0 Å². The molecule has 23 heavy (non-hydrogen) atoms. The van der Waals surface area contributed by atoms with Crippen LogP contribution in [0.25, 0.3) is 0 Å². The normalized spacial score (nSPS) is 14.8. The van der Waals surface area contributed by atoms with Gasteiger partial charge in [-0.1, -0.05) is 42.5 Å². The van der Waals surface area contributed by atoms with Crippen molar-refractivity contribution >= 4 is 35.1 Å². The number of nitrogens with one attached hydrogen (secondary N) is 1. The SMILES string of the molecule is O=C(COCc1ccccc1)Nc1cccc(C2SCCS2)c1. The van der Waals surface area contributed by atoms with Gasteiger partial charge in [0.2, 0.25) is 5.91 Å². The van der Waals surface area contributed by atoms with E-state index in [4.69, 9.17) is 4.74 Å². The molecule has 5 heteroatoms. The molecule has 1 aliphatic heterocycles. The molecule has 1 aliphatic rings. The first-order valence-corrected chi connectivity index (χ1v) is 9.66. The second-order valence-electron chi connectivity index (χ2n) is 5.23. The lowest BCUT2D eigenvalue weighted by molar-refractivity contribution is -0.121. The van der Waals surface area contributed by atoms with Crippen LogP contribution in [-0.2, 0) is 16.1 Å². The molecule has 0 aromatic heterocycles. The summed E-state index contributed by atoms with van der Waals surface area (Å²) in [6.07, 6.45) is 0. The van der Waals surface area contributed by atoms with Gasteiger partial charge >= 0.3 is 0 Å². The highest BCUT2D eigenvalue weighted by Gasteiger charge is 2.18. The Bertz CT molecular complexity index is 642. The number of thioether (sulfide) groups is 2. The van der Waals surface area contributed by atoms with E-state index in [1.807, 2.05) is 66.0 Å². The minimum absolute atomic E-state index is 0.0616. The summed E-state index contributed by atoms with van der Waals surface area (Å²) in [5, 5.41) is 2.91. The summed E-state index contributed by atoms with van der Waals surface area (Å²) in [5.74, 6) is 2.27. The van der Waals surface area contributed by atoms with Crippen LogP contribution >= 0.6 is 23.5 Å². The van der Waals surface area contributed by atoms with Crippen LogP contribution in [0.1, 0.15) is 15.7 Å². The van der Waals surface area contributed by atoms with E-state index >= 15 is 0 Å². The summed E-state index contributed by atoms with van der Waals surface area (Å²) in [4.78, 5) is 12.0. The first kappa shape index (κ1) is 16.4. The predicted octanol–water partition coefficient (Wildman–Crippen LogP) is 4.32. The van der Waals surface area contributed by atoms with Crippen molar-refractivity contribution in [1.82, 2.24) is 0 Å². The van der Waals surface area contributed by atoms with Gasteiger partial charge in [0.05, 0.1) is 11.2 Å². The Labute approximate surface area is 145 Å². The lowest BCUT2D eigenvalue weighted by Gasteiger charge is -2.11. The number of ether oxygens (including phenoxy) is 1. The van der Waals surface area contributed by atoms with Crippen LogP contribution in [0.3, 0.4) is 0 Å². The Morgan fingerprint density at radius 1 is 1.09 bits per heavy atom. The standard InChI is InChI=1S/C18H19NO2S2/c20-17(13-21-12-14-5-2-1-3-6-14)19-16-8-4-7-15(11-16)18-22-9-10-23-18/h1-8,11,18H,9-10,12-13H2,(H,19,20). The molecule has 0 radical (unpaired) electrons. The summed E-state index contributed by atoms with van der Waals surface area (Å²) in [5.41, 5.74) is 3.17. The van der Waals surface area contributed by atoms with E-state index in [2.05, 4.69) is 17.4 Å². The van der Waals surface area contributed by atoms with Crippen molar-refractivity contribution in [3.8, 4) is 0 Å². The van der Waals surface area contributed by atoms with Gasteiger partial charge in [0.15, 0.2) is 0 Å². The van der Waals surface area contributed by atoms with E-state index in [1.165, 1.54) is 17.1 Å². The van der Waals surface area contributed by atoms with Gasteiger partial charge in [0.1, 0.15) is 6.61 Å². The molecule has 3 nitrogen and oxygen atoms in total. The molecule has 1 heterocycles. The second kappa shape index (κ2) is 8.43. The minimum Gasteiger partial charge on any atom is -0.367 e. The Balaban J connectivity index is 1.48. The summed E-state index contributed by atoms with van der Waals surface area (Å²) in [7, 11) is 0. The average molecular weight is 345 g/mol. The Hall–Kier alpha value is -1.43. The molecule has 0 aliphatic carbocycles. The van der Waals surface area contributed by atoms with Crippen LogP contribution in [0.15, 0.2) is 54.6 Å². The first-order valence-electron chi connectivity index (χ1n) is 7.56. The number of benzene rings is 2. The van der Waals surface area contributed by atoms with Crippen LogP contribution < -0.4 is 5.32 Å². The highest BCUT2D eigenvalue weighted by atomic mass is 32.2. The van der Waals surface area contributed by atoms with E-state index in [0.29, 0.717) is 11.2 Å². The van der Waals surface area contributed by atoms with E-state index < -0.39 is 0 Å². The fraction of sp³-hybridized carbons (Fsp3) is 0.278. The monoisotopic (exact) mass is 345 g/mol. The van der Waals surface area contributed by atoms with Gasteiger partial charge in [0.25, 0.3) is 0 Å². The summed E-state index contributed by atoms with van der Waals surface area (Å²) in [6, 6.07) is 18.0. The van der Waals surface area contributed by atoms with E-state index in [-0.39, 0.29) is 12.5 Å². The maximum atomic E-state index is 12.0. The zero-order chi connectivity index (χ0) is 15.9.